The van der Waals surface area contributed by atoms with Crippen molar-refractivity contribution in [3.05, 3.63) is 31.7 Å². The summed E-state index contributed by atoms with van der Waals surface area (Å²) in [4.78, 5) is 2.73. The van der Waals surface area contributed by atoms with Crippen LogP contribution in [0, 0.1) is 0 Å². The van der Waals surface area contributed by atoms with E-state index in [2.05, 4.69) is 32.3 Å². The van der Waals surface area contributed by atoms with Crippen molar-refractivity contribution in [1.29, 1.82) is 0 Å². The first kappa shape index (κ1) is 12.3. The molecule has 2 aromatic rings. The molecule has 2 aromatic heterocycles. The molecule has 6 heteroatoms. The van der Waals surface area contributed by atoms with Crippen LogP contribution < -0.4 is 5.73 Å². The zero-order valence-corrected chi connectivity index (χ0v) is 12.6. The lowest BCUT2D eigenvalue weighted by molar-refractivity contribution is 0.654. The van der Waals surface area contributed by atoms with Crippen molar-refractivity contribution in [3.8, 4) is 0 Å². The Morgan fingerprint density at radius 2 is 2.22 bits per heavy atom. The van der Waals surface area contributed by atoms with Gasteiger partial charge in [0.05, 0.1) is 11.7 Å². The molecular formula is C12H15BrN4S. The summed E-state index contributed by atoms with van der Waals surface area (Å²) in [5, 5.41) is 7.99. The van der Waals surface area contributed by atoms with Gasteiger partial charge in [0.1, 0.15) is 0 Å². The van der Waals surface area contributed by atoms with Crippen molar-refractivity contribution in [2.24, 2.45) is 12.8 Å². The number of halogens is 1. The molecule has 0 aromatic carbocycles. The summed E-state index contributed by atoms with van der Waals surface area (Å²) in [6, 6.07) is 2.12. The zero-order valence-electron chi connectivity index (χ0n) is 10.2. The topological polar surface area (TPSA) is 56.7 Å². The number of fused-ring (bicyclic) bond motifs is 1. The summed E-state index contributed by atoms with van der Waals surface area (Å²) >= 11 is 5.26. The van der Waals surface area contributed by atoms with E-state index in [1.807, 2.05) is 18.4 Å². The van der Waals surface area contributed by atoms with Crippen LogP contribution >= 0.6 is 27.3 Å². The minimum absolute atomic E-state index is 0.144. The highest BCUT2D eigenvalue weighted by atomic mass is 79.9. The Kier molecular flexibility index (Phi) is 3.25. The van der Waals surface area contributed by atoms with Crippen molar-refractivity contribution < 1.29 is 0 Å². The van der Waals surface area contributed by atoms with Gasteiger partial charge in [-0.25, -0.2) is 4.68 Å². The smallest absolute Gasteiger partial charge is 0.153 e. The van der Waals surface area contributed by atoms with Gasteiger partial charge in [0.2, 0.25) is 0 Å². The first-order valence-corrected chi connectivity index (χ1v) is 7.70. The summed E-state index contributed by atoms with van der Waals surface area (Å²) < 4.78 is 2.48. The molecule has 2 N–H and O–H groups in total. The van der Waals surface area contributed by atoms with E-state index < -0.39 is 0 Å². The van der Waals surface area contributed by atoms with E-state index >= 15 is 0 Å². The van der Waals surface area contributed by atoms with Gasteiger partial charge >= 0.3 is 0 Å². The van der Waals surface area contributed by atoms with E-state index in [1.54, 1.807) is 4.68 Å². The molecule has 18 heavy (non-hydrogen) atoms. The Hall–Kier alpha value is -0.720. The van der Waals surface area contributed by atoms with Crippen molar-refractivity contribution in [2.45, 2.75) is 31.7 Å². The maximum absolute atomic E-state index is 6.35. The maximum atomic E-state index is 6.35. The third-order valence-electron chi connectivity index (χ3n) is 3.44. The summed E-state index contributed by atoms with van der Waals surface area (Å²) in [5.41, 5.74) is 8.78. The zero-order chi connectivity index (χ0) is 12.7. The SMILES string of the molecule is Cn1nnc(Br)c1C(N)c1cc2c(s1)CCCC2. The summed E-state index contributed by atoms with van der Waals surface area (Å²) in [7, 11) is 1.88. The predicted molar refractivity (Wildman–Crippen MR) is 75.7 cm³/mol. The number of thiophene rings is 1. The van der Waals surface area contributed by atoms with Crippen LogP contribution in [0.3, 0.4) is 0 Å². The van der Waals surface area contributed by atoms with Crippen LogP contribution in [0.2, 0.25) is 0 Å². The number of hydrogen-bond donors (Lipinski definition) is 1. The van der Waals surface area contributed by atoms with Gasteiger partial charge in [0, 0.05) is 16.8 Å². The molecule has 1 aliphatic carbocycles. The Balaban J connectivity index is 1.97. The van der Waals surface area contributed by atoms with E-state index in [-0.39, 0.29) is 6.04 Å². The Morgan fingerprint density at radius 3 is 2.89 bits per heavy atom. The highest BCUT2D eigenvalue weighted by Crippen LogP contribution is 2.35. The lowest BCUT2D eigenvalue weighted by atomic mass is 9.98. The molecule has 0 fully saturated rings. The van der Waals surface area contributed by atoms with Gasteiger partial charge in [-0.05, 0) is 53.2 Å². The quantitative estimate of drug-likeness (QED) is 0.922. The third kappa shape index (κ3) is 2.02. The number of aryl methyl sites for hydroxylation is 3. The second-order valence-electron chi connectivity index (χ2n) is 4.67. The van der Waals surface area contributed by atoms with E-state index in [4.69, 9.17) is 5.73 Å². The number of aromatic nitrogens is 3. The van der Waals surface area contributed by atoms with Gasteiger partial charge in [-0.2, -0.15) is 0 Å². The lowest BCUT2D eigenvalue weighted by Gasteiger charge is -2.09. The Morgan fingerprint density at radius 1 is 1.44 bits per heavy atom. The fraction of sp³-hybridized carbons (Fsp3) is 0.500. The van der Waals surface area contributed by atoms with Gasteiger partial charge in [-0.15, -0.1) is 16.4 Å². The minimum Gasteiger partial charge on any atom is -0.318 e. The number of nitrogens with two attached hydrogens (primary N) is 1. The van der Waals surface area contributed by atoms with Gasteiger partial charge in [-0.1, -0.05) is 5.21 Å². The van der Waals surface area contributed by atoms with Gasteiger partial charge in [0.15, 0.2) is 4.60 Å². The molecule has 0 bridgehead atoms. The summed E-state index contributed by atoms with van der Waals surface area (Å²) in [6.45, 7) is 0. The third-order valence-corrected chi connectivity index (χ3v) is 5.33. The van der Waals surface area contributed by atoms with Crippen molar-refractivity contribution in [3.63, 3.8) is 0 Å². The Bertz CT molecular complexity index is 532. The van der Waals surface area contributed by atoms with Crippen LogP contribution in [0.25, 0.3) is 0 Å². The predicted octanol–water partition coefficient (Wildman–Crippen LogP) is 2.57. The fourth-order valence-corrected chi connectivity index (χ4v) is 4.31. The molecule has 2 heterocycles. The lowest BCUT2D eigenvalue weighted by Crippen LogP contribution is -2.15. The van der Waals surface area contributed by atoms with Gasteiger partial charge < -0.3 is 5.73 Å². The van der Waals surface area contributed by atoms with Crippen LogP contribution in [-0.4, -0.2) is 15.0 Å². The second-order valence-corrected chi connectivity index (χ2v) is 6.59. The molecule has 1 atom stereocenters. The summed E-state index contributed by atoms with van der Waals surface area (Å²) in [6.07, 6.45) is 5.01. The molecule has 0 saturated heterocycles. The molecule has 0 amide bonds. The van der Waals surface area contributed by atoms with Crippen LogP contribution in [0.5, 0.6) is 0 Å². The Labute approximate surface area is 118 Å². The van der Waals surface area contributed by atoms with Gasteiger partial charge in [0.25, 0.3) is 0 Å². The van der Waals surface area contributed by atoms with E-state index in [1.165, 1.54) is 41.0 Å². The minimum atomic E-state index is -0.144. The largest absolute Gasteiger partial charge is 0.318 e. The van der Waals surface area contributed by atoms with Crippen LogP contribution in [-0.2, 0) is 19.9 Å². The van der Waals surface area contributed by atoms with Crippen LogP contribution in [0.1, 0.15) is 39.9 Å². The molecule has 4 nitrogen and oxygen atoms in total. The first-order chi connectivity index (χ1) is 8.66. The molecule has 3 rings (SSSR count). The molecule has 1 unspecified atom stereocenters. The van der Waals surface area contributed by atoms with Crippen LogP contribution in [0.4, 0.5) is 0 Å². The number of rotatable bonds is 2. The molecule has 0 spiro atoms. The molecule has 96 valence electrons. The van der Waals surface area contributed by atoms with E-state index in [9.17, 15) is 0 Å². The van der Waals surface area contributed by atoms with E-state index in [0.717, 1.165) is 10.3 Å². The molecular weight excluding hydrogens is 312 g/mol. The molecule has 1 aliphatic rings. The van der Waals surface area contributed by atoms with Crippen molar-refractivity contribution >= 4 is 27.3 Å². The molecule has 0 radical (unpaired) electrons. The second kappa shape index (κ2) is 4.75. The highest BCUT2D eigenvalue weighted by molar-refractivity contribution is 9.10. The maximum Gasteiger partial charge on any atom is 0.153 e. The van der Waals surface area contributed by atoms with Gasteiger partial charge in [-0.3, -0.25) is 0 Å². The van der Waals surface area contributed by atoms with Crippen molar-refractivity contribution in [1.82, 2.24) is 15.0 Å². The number of nitrogens with zero attached hydrogens (tertiary/aromatic N) is 3. The van der Waals surface area contributed by atoms with Crippen LogP contribution in [0.15, 0.2) is 10.7 Å². The van der Waals surface area contributed by atoms with Crippen molar-refractivity contribution in [2.75, 3.05) is 0 Å². The average Bonchev–Trinajstić information content (AvgIpc) is 2.92. The monoisotopic (exact) mass is 326 g/mol. The standard InChI is InChI=1S/C12H15BrN4S/c1-17-11(12(13)15-16-17)10(14)9-6-7-4-2-3-5-8(7)18-9/h6,10H,2-5,14H2,1H3. The molecule has 0 aliphatic heterocycles. The molecule has 0 saturated carbocycles. The first-order valence-electron chi connectivity index (χ1n) is 6.09. The van der Waals surface area contributed by atoms with E-state index in [0.29, 0.717) is 0 Å². The summed E-state index contributed by atoms with van der Waals surface area (Å²) in [5.74, 6) is 0. The average molecular weight is 327 g/mol. The highest BCUT2D eigenvalue weighted by Gasteiger charge is 2.22. The number of hydrogen-bond acceptors (Lipinski definition) is 4. The fourth-order valence-electron chi connectivity index (χ4n) is 2.47. The normalized spacial score (nSPS) is 16.6.